The molecule has 0 unspecified atom stereocenters. The zero-order valence-electron chi connectivity index (χ0n) is 23.0. The van der Waals surface area contributed by atoms with Gasteiger partial charge >= 0.3 is 0 Å². The van der Waals surface area contributed by atoms with Gasteiger partial charge < -0.3 is 24.8 Å². The lowest BCUT2D eigenvalue weighted by atomic mass is 9.83. The lowest BCUT2D eigenvalue weighted by Gasteiger charge is -2.46. The summed E-state index contributed by atoms with van der Waals surface area (Å²) in [6, 6.07) is 10.7. The molecule has 7 rings (SSSR count). The van der Waals surface area contributed by atoms with Gasteiger partial charge in [-0.05, 0) is 55.2 Å². The number of hydrogen-bond donors (Lipinski definition) is 3. The van der Waals surface area contributed by atoms with Crippen LogP contribution in [0.25, 0.3) is 6.08 Å². The van der Waals surface area contributed by atoms with E-state index in [9.17, 15) is 9.59 Å². The second-order valence-electron chi connectivity index (χ2n) is 11.2. The molecule has 0 radical (unpaired) electrons. The lowest BCUT2D eigenvalue weighted by Crippen LogP contribution is -2.63. The van der Waals surface area contributed by atoms with Crippen LogP contribution in [0, 0.1) is 11.3 Å². The van der Waals surface area contributed by atoms with Crippen molar-refractivity contribution in [2.24, 2.45) is 5.92 Å². The third kappa shape index (κ3) is 4.72. The van der Waals surface area contributed by atoms with Crippen molar-refractivity contribution >= 4 is 23.8 Å². The molecule has 0 saturated carbocycles. The number of fused-ring (bicyclic) bond motifs is 5. The third-order valence-electron chi connectivity index (χ3n) is 8.71. The van der Waals surface area contributed by atoms with Gasteiger partial charge in [-0.2, -0.15) is 0 Å². The minimum absolute atomic E-state index is 0.0598. The zero-order chi connectivity index (χ0) is 27.9. The zero-order valence-corrected chi connectivity index (χ0v) is 23.0. The maximum atomic E-state index is 13.7. The Kier molecular flexibility index (Phi) is 7.00. The number of allylic oxidation sites excluding steroid dienone is 1. The molecule has 40 heavy (non-hydrogen) atoms. The van der Waals surface area contributed by atoms with Crippen LogP contribution in [-0.4, -0.2) is 55.1 Å². The van der Waals surface area contributed by atoms with Crippen molar-refractivity contribution in [3.63, 3.8) is 0 Å². The minimum atomic E-state index is -0.474. The van der Waals surface area contributed by atoms with Gasteiger partial charge in [-0.15, -0.1) is 0 Å². The summed E-state index contributed by atoms with van der Waals surface area (Å²) in [7, 11) is 1.65. The molecule has 1 saturated heterocycles. The number of benzene rings is 2. The number of nitrogens with one attached hydrogen (secondary N) is 3. The van der Waals surface area contributed by atoms with Gasteiger partial charge in [0, 0.05) is 41.7 Å². The van der Waals surface area contributed by atoms with E-state index >= 15 is 0 Å². The van der Waals surface area contributed by atoms with Crippen molar-refractivity contribution in [3.8, 4) is 11.5 Å². The molecule has 210 valence electrons. The van der Waals surface area contributed by atoms with Crippen LogP contribution in [0.1, 0.15) is 78.2 Å². The van der Waals surface area contributed by atoms with Gasteiger partial charge in [0.1, 0.15) is 11.5 Å². The maximum Gasteiger partial charge on any atom is 0.251 e. The molecule has 0 aliphatic carbocycles. The predicted molar refractivity (Wildman–Crippen MR) is 150 cm³/mol. The molecule has 9 nitrogen and oxygen atoms in total. The highest BCUT2D eigenvalue weighted by atomic mass is 16.5. The molecule has 2 aromatic rings. The van der Waals surface area contributed by atoms with Gasteiger partial charge in [0.25, 0.3) is 5.91 Å². The van der Waals surface area contributed by atoms with E-state index in [4.69, 9.17) is 19.6 Å². The van der Waals surface area contributed by atoms with E-state index < -0.39 is 5.54 Å². The first-order chi connectivity index (χ1) is 19.4. The summed E-state index contributed by atoms with van der Waals surface area (Å²) in [5.41, 5.74) is 2.68. The van der Waals surface area contributed by atoms with Gasteiger partial charge in [0.05, 0.1) is 38.3 Å². The van der Waals surface area contributed by atoms with Crippen molar-refractivity contribution in [1.82, 2.24) is 15.5 Å². The van der Waals surface area contributed by atoms with Gasteiger partial charge in [0.2, 0.25) is 5.91 Å². The Hall–Kier alpha value is -3.85. The molecule has 3 N–H and O–H groups in total. The fourth-order valence-electron chi connectivity index (χ4n) is 6.46. The van der Waals surface area contributed by atoms with Crippen molar-refractivity contribution in [3.05, 3.63) is 64.7 Å². The van der Waals surface area contributed by atoms with Crippen molar-refractivity contribution in [1.29, 1.82) is 5.41 Å². The van der Waals surface area contributed by atoms with E-state index in [1.165, 1.54) is 0 Å². The van der Waals surface area contributed by atoms with E-state index in [1.54, 1.807) is 24.1 Å². The predicted octanol–water partition coefficient (Wildman–Crippen LogP) is 4.35. The molecule has 0 aromatic heterocycles. The summed E-state index contributed by atoms with van der Waals surface area (Å²) in [5.74, 6) is 1.15. The second-order valence-corrected chi connectivity index (χ2v) is 11.2. The van der Waals surface area contributed by atoms with Crippen molar-refractivity contribution in [2.75, 3.05) is 26.9 Å². The molecule has 2 amide bonds. The molecule has 2 aromatic carbocycles. The van der Waals surface area contributed by atoms with Crippen LogP contribution in [-0.2, 0) is 9.53 Å². The van der Waals surface area contributed by atoms with E-state index in [0.717, 1.165) is 41.7 Å². The third-order valence-corrected chi connectivity index (χ3v) is 8.71. The molecule has 0 spiro atoms. The van der Waals surface area contributed by atoms with Crippen molar-refractivity contribution < 1.29 is 23.8 Å². The fraction of sp³-hybridized carbons (Fsp3) is 0.452. The monoisotopic (exact) mass is 544 g/mol. The first-order valence-corrected chi connectivity index (χ1v) is 14.1. The van der Waals surface area contributed by atoms with Crippen LogP contribution in [0.5, 0.6) is 11.5 Å². The number of methoxy groups -OCH3 is 1. The number of rotatable bonds is 3. The number of amides is 2. The molecule has 1 fully saturated rings. The van der Waals surface area contributed by atoms with E-state index in [-0.39, 0.29) is 35.8 Å². The van der Waals surface area contributed by atoms with Crippen LogP contribution in [0.15, 0.2) is 42.5 Å². The number of carbonyl (C=O) groups is 2. The van der Waals surface area contributed by atoms with Gasteiger partial charge in [0.15, 0.2) is 5.96 Å². The van der Waals surface area contributed by atoms with E-state index in [2.05, 4.69) is 35.8 Å². The standard InChI is InChI=1S/C31H36N4O5/c1-3-31-12-5-4-6-19-7-9-26-23(14-19)28(21(17-38-2)18-40-26)33-29(37)20-8-10-25-22(15-20)24(11-13-39-25)35(27(36)16-31)30(32)34-31/h4,6-10,14-15,21,24,28H,3,5,11-13,16-18H2,1-2H3,(H2,32,34)(H,33,37)/b6-4+/t21-,24+,28-,31+/m0/s1. The summed E-state index contributed by atoms with van der Waals surface area (Å²) in [5, 5.41) is 15.5. The van der Waals surface area contributed by atoms with Crippen molar-refractivity contribution in [2.45, 2.75) is 56.7 Å². The number of nitrogens with zero attached hydrogens (tertiary/aromatic N) is 1. The molecule has 5 heterocycles. The topological polar surface area (TPSA) is 113 Å². The summed E-state index contributed by atoms with van der Waals surface area (Å²) >= 11 is 0. The Morgan fingerprint density at radius 1 is 1.12 bits per heavy atom. The summed E-state index contributed by atoms with van der Waals surface area (Å²) in [6.07, 6.45) is 7.26. The fourth-order valence-corrected chi connectivity index (χ4v) is 6.46. The maximum absolute atomic E-state index is 13.7. The smallest absolute Gasteiger partial charge is 0.251 e. The van der Waals surface area contributed by atoms with Crippen LogP contribution in [0.4, 0.5) is 0 Å². The molecule has 6 bridgehead atoms. The van der Waals surface area contributed by atoms with Gasteiger partial charge in [-0.3, -0.25) is 19.9 Å². The van der Waals surface area contributed by atoms with Gasteiger partial charge in [-0.25, -0.2) is 0 Å². The molecule has 9 heteroatoms. The summed E-state index contributed by atoms with van der Waals surface area (Å²) in [4.78, 5) is 28.9. The average Bonchev–Trinajstić information content (AvgIpc) is 2.95. The average molecular weight is 545 g/mol. The number of ether oxygens (including phenoxy) is 3. The SMILES string of the molecule is CC[C@]12CC/C=C/c3ccc4c(c3)[C@@H](NC(=O)c3ccc5c(c3)[C@@H](CCO5)N(C(=N)N1)C(=O)C2)[C@@H](COC)CO4. The first-order valence-electron chi connectivity index (χ1n) is 14.1. The molecule has 5 aliphatic heterocycles. The molecular formula is C31H36N4O5. The van der Waals surface area contributed by atoms with Crippen LogP contribution in [0.2, 0.25) is 0 Å². The lowest BCUT2D eigenvalue weighted by molar-refractivity contribution is -0.133. The highest BCUT2D eigenvalue weighted by molar-refractivity contribution is 6.00. The highest BCUT2D eigenvalue weighted by Gasteiger charge is 2.44. The Bertz CT molecular complexity index is 1350. The Morgan fingerprint density at radius 3 is 2.75 bits per heavy atom. The number of carbonyl (C=O) groups excluding carboxylic acids is 2. The summed E-state index contributed by atoms with van der Waals surface area (Å²) in [6.45, 7) is 3.37. The van der Waals surface area contributed by atoms with Crippen LogP contribution in [0.3, 0.4) is 0 Å². The van der Waals surface area contributed by atoms with Gasteiger partial charge in [-0.1, -0.05) is 25.1 Å². The summed E-state index contributed by atoms with van der Waals surface area (Å²) < 4.78 is 17.5. The quantitative estimate of drug-likeness (QED) is 0.530. The Morgan fingerprint density at radius 2 is 1.95 bits per heavy atom. The molecule has 5 aliphatic rings. The second kappa shape index (κ2) is 10.6. The Labute approximate surface area is 234 Å². The number of guanidine groups is 1. The van der Waals surface area contributed by atoms with E-state index in [1.807, 2.05) is 18.2 Å². The highest BCUT2D eigenvalue weighted by Crippen LogP contribution is 2.41. The molecular weight excluding hydrogens is 508 g/mol. The number of hydrogen-bond acceptors (Lipinski definition) is 6. The minimum Gasteiger partial charge on any atom is -0.493 e. The Balaban J connectivity index is 1.45. The van der Waals surface area contributed by atoms with E-state index in [0.29, 0.717) is 44.0 Å². The normalized spacial score (nSPS) is 28.4. The largest absolute Gasteiger partial charge is 0.493 e. The molecule has 4 atom stereocenters. The van der Waals surface area contributed by atoms with Crippen LogP contribution < -0.4 is 20.1 Å². The first kappa shape index (κ1) is 26.4. The van der Waals surface area contributed by atoms with Crippen LogP contribution >= 0.6 is 0 Å².